The Hall–Kier alpha value is -8.61. The van der Waals surface area contributed by atoms with Crippen LogP contribution in [0.1, 0.15) is 0 Å². The molecule has 4 aromatic heterocycles. The number of nitrogens with zero attached hydrogens (tertiary/aromatic N) is 4. The van der Waals surface area contributed by atoms with Crippen LogP contribution in [0.3, 0.4) is 0 Å². The van der Waals surface area contributed by atoms with Gasteiger partial charge in [0, 0.05) is 54.7 Å². The molecule has 294 valence electrons. The monoisotopic (exact) mass is 806 g/mol. The van der Waals surface area contributed by atoms with Gasteiger partial charge in [-0.05, 0) is 82.9 Å². The lowest BCUT2D eigenvalue weighted by molar-refractivity contribution is 0.668. The summed E-state index contributed by atoms with van der Waals surface area (Å²) in [6, 6.07) is 71.6. The predicted molar refractivity (Wildman–Crippen MR) is 256 cm³/mol. The van der Waals surface area contributed by atoms with Gasteiger partial charge in [0.1, 0.15) is 22.3 Å². The highest BCUT2D eigenvalue weighted by molar-refractivity contribution is 6.15. The Balaban J connectivity index is 0.987. The smallest absolute Gasteiger partial charge is 0.164 e. The van der Waals surface area contributed by atoms with Crippen LogP contribution < -0.4 is 0 Å². The van der Waals surface area contributed by atoms with Crippen LogP contribution in [0.4, 0.5) is 0 Å². The molecule has 6 nitrogen and oxygen atoms in total. The lowest BCUT2D eigenvalue weighted by Crippen LogP contribution is -2.00. The molecule has 0 N–H and O–H groups in total. The van der Waals surface area contributed by atoms with Crippen LogP contribution in [0, 0.1) is 0 Å². The van der Waals surface area contributed by atoms with Crippen molar-refractivity contribution in [2.24, 2.45) is 0 Å². The van der Waals surface area contributed by atoms with Gasteiger partial charge in [0.05, 0.1) is 11.0 Å². The van der Waals surface area contributed by atoms with Crippen LogP contribution in [-0.2, 0) is 0 Å². The van der Waals surface area contributed by atoms with Gasteiger partial charge in [-0.25, -0.2) is 15.0 Å². The van der Waals surface area contributed by atoms with E-state index in [0.717, 1.165) is 88.5 Å². The third kappa shape index (κ3) is 5.62. The summed E-state index contributed by atoms with van der Waals surface area (Å²) in [5.41, 5.74) is 13.8. The molecule has 0 saturated heterocycles. The first kappa shape index (κ1) is 35.2. The first-order chi connectivity index (χ1) is 31.2. The second kappa shape index (κ2) is 14.0. The van der Waals surface area contributed by atoms with Gasteiger partial charge in [-0.1, -0.05) is 146 Å². The lowest BCUT2D eigenvalue weighted by atomic mass is 9.92. The summed E-state index contributed by atoms with van der Waals surface area (Å²) in [6.07, 6.45) is 0. The molecule has 0 unspecified atom stereocenters. The molecule has 0 saturated carbocycles. The number of hydrogen-bond acceptors (Lipinski definition) is 5. The summed E-state index contributed by atoms with van der Waals surface area (Å²) in [5, 5.41) is 6.36. The van der Waals surface area contributed by atoms with Crippen molar-refractivity contribution in [3.8, 4) is 62.1 Å². The van der Waals surface area contributed by atoms with Crippen molar-refractivity contribution in [1.82, 2.24) is 19.5 Å². The lowest BCUT2D eigenvalue weighted by Gasteiger charge is -2.12. The summed E-state index contributed by atoms with van der Waals surface area (Å²) in [7, 11) is 0. The minimum atomic E-state index is 0.561. The predicted octanol–water partition coefficient (Wildman–Crippen LogP) is 15.1. The molecule has 0 bridgehead atoms. The van der Waals surface area contributed by atoms with Gasteiger partial charge < -0.3 is 13.4 Å². The summed E-state index contributed by atoms with van der Waals surface area (Å²) < 4.78 is 15.2. The highest BCUT2D eigenvalue weighted by atomic mass is 16.3. The molecule has 0 spiro atoms. The molecule has 13 aromatic rings. The van der Waals surface area contributed by atoms with E-state index < -0.39 is 0 Å². The Bertz CT molecular complexity index is 3920. The van der Waals surface area contributed by atoms with E-state index in [9.17, 15) is 0 Å². The first-order valence-electron chi connectivity index (χ1n) is 21.1. The summed E-state index contributed by atoms with van der Waals surface area (Å²) in [5.74, 6) is 1.72. The third-order valence-corrected chi connectivity index (χ3v) is 12.3. The topological polar surface area (TPSA) is 69.9 Å². The minimum Gasteiger partial charge on any atom is -0.456 e. The van der Waals surface area contributed by atoms with Crippen molar-refractivity contribution in [3.05, 3.63) is 206 Å². The molecule has 0 atom stereocenters. The Morgan fingerprint density at radius 1 is 0.302 bits per heavy atom. The molecule has 0 aliphatic rings. The number of aromatic nitrogens is 4. The molecular weight excluding hydrogens is 773 g/mol. The number of para-hydroxylation sites is 3. The highest BCUT2D eigenvalue weighted by Gasteiger charge is 2.21. The third-order valence-electron chi connectivity index (χ3n) is 12.3. The number of furan rings is 2. The van der Waals surface area contributed by atoms with Crippen molar-refractivity contribution >= 4 is 65.7 Å². The van der Waals surface area contributed by atoms with Crippen molar-refractivity contribution in [2.75, 3.05) is 0 Å². The second-order valence-electron chi connectivity index (χ2n) is 15.9. The van der Waals surface area contributed by atoms with Gasteiger partial charge >= 0.3 is 0 Å². The molecule has 4 heterocycles. The van der Waals surface area contributed by atoms with Crippen LogP contribution in [0.5, 0.6) is 0 Å². The Labute approximate surface area is 361 Å². The zero-order valence-corrected chi connectivity index (χ0v) is 33.7. The normalized spacial score (nSPS) is 11.8. The van der Waals surface area contributed by atoms with Crippen molar-refractivity contribution in [1.29, 1.82) is 0 Å². The van der Waals surface area contributed by atoms with Gasteiger partial charge in [-0.3, -0.25) is 0 Å². The molecule has 0 aliphatic carbocycles. The average Bonchev–Trinajstić information content (AvgIpc) is 4.03. The maximum Gasteiger partial charge on any atom is 0.164 e. The molecule has 0 fully saturated rings. The fourth-order valence-corrected chi connectivity index (χ4v) is 9.46. The van der Waals surface area contributed by atoms with E-state index in [-0.39, 0.29) is 0 Å². The van der Waals surface area contributed by atoms with Gasteiger partial charge in [0.25, 0.3) is 0 Å². The van der Waals surface area contributed by atoms with Gasteiger partial charge in [-0.2, -0.15) is 0 Å². The van der Waals surface area contributed by atoms with Gasteiger partial charge in [0.2, 0.25) is 0 Å². The molecule has 9 aromatic carbocycles. The molecule has 0 amide bonds. The van der Waals surface area contributed by atoms with E-state index in [4.69, 9.17) is 23.8 Å². The van der Waals surface area contributed by atoms with Crippen LogP contribution >= 0.6 is 0 Å². The largest absolute Gasteiger partial charge is 0.456 e. The van der Waals surface area contributed by atoms with Gasteiger partial charge in [0.15, 0.2) is 17.5 Å². The SMILES string of the molecule is c1ccc(-c2nc(-c3cccc4oc5ccccc5c34)nc(-c3cccc4oc5ccc(-c6ccccc6-c6ccc7c(c6)c6ccccc6n7-c6ccccc6)cc5c34)n2)cc1. The molecule has 63 heavy (non-hydrogen) atoms. The maximum atomic E-state index is 6.59. The average molecular weight is 807 g/mol. The number of fused-ring (bicyclic) bond motifs is 9. The minimum absolute atomic E-state index is 0.561. The van der Waals surface area contributed by atoms with Crippen molar-refractivity contribution in [3.63, 3.8) is 0 Å². The Morgan fingerprint density at radius 2 is 0.794 bits per heavy atom. The van der Waals surface area contributed by atoms with Crippen LogP contribution in [-0.4, -0.2) is 19.5 Å². The van der Waals surface area contributed by atoms with E-state index in [0.29, 0.717) is 17.5 Å². The number of hydrogen-bond donors (Lipinski definition) is 0. The van der Waals surface area contributed by atoms with Crippen molar-refractivity contribution in [2.45, 2.75) is 0 Å². The standard InChI is InChI=1S/C57H34N4O2/c1-3-15-35(16-4-1)55-58-56(43-23-13-27-51-53(43)42-22-10-12-26-49(42)62-51)60-57(59-55)44-24-14-28-52-54(44)46-34-37(30-32-50(46)63-52)40-20-8-7-19-39(40)36-29-31-48-45(33-36)41-21-9-11-25-47(41)61(48)38-17-5-2-6-18-38/h1-34H. The van der Waals surface area contributed by atoms with Gasteiger partial charge in [-0.15, -0.1) is 0 Å². The first-order valence-corrected chi connectivity index (χ1v) is 21.1. The molecular formula is C57H34N4O2. The van der Waals surface area contributed by atoms with E-state index in [1.807, 2.05) is 72.8 Å². The summed E-state index contributed by atoms with van der Waals surface area (Å²) in [4.78, 5) is 15.6. The van der Waals surface area contributed by atoms with E-state index in [2.05, 4.69) is 138 Å². The molecule has 0 radical (unpaired) electrons. The summed E-state index contributed by atoms with van der Waals surface area (Å²) >= 11 is 0. The molecule has 0 aliphatic heterocycles. The van der Waals surface area contributed by atoms with E-state index in [1.165, 1.54) is 21.8 Å². The quantitative estimate of drug-likeness (QED) is 0.167. The number of rotatable bonds is 6. The van der Waals surface area contributed by atoms with E-state index in [1.54, 1.807) is 0 Å². The fraction of sp³-hybridized carbons (Fsp3) is 0. The van der Waals surface area contributed by atoms with Crippen molar-refractivity contribution < 1.29 is 8.83 Å². The highest BCUT2D eigenvalue weighted by Crippen LogP contribution is 2.43. The van der Waals surface area contributed by atoms with Crippen LogP contribution in [0.2, 0.25) is 0 Å². The number of benzene rings is 9. The zero-order chi connectivity index (χ0) is 41.4. The fourth-order valence-electron chi connectivity index (χ4n) is 9.46. The summed E-state index contributed by atoms with van der Waals surface area (Å²) in [6.45, 7) is 0. The Kier molecular flexibility index (Phi) is 7.80. The van der Waals surface area contributed by atoms with Crippen LogP contribution in [0.15, 0.2) is 215 Å². The molecule has 6 heteroatoms. The molecule has 13 rings (SSSR count). The van der Waals surface area contributed by atoms with E-state index >= 15 is 0 Å². The zero-order valence-electron chi connectivity index (χ0n) is 33.7. The maximum absolute atomic E-state index is 6.59. The second-order valence-corrected chi connectivity index (χ2v) is 15.9. The van der Waals surface area contributed by atoms with Crippen LogP contribution in [0.25, 0.3) is 128 Å². The Morgan fingerprint density at radius 3 is 1.51 bits per heavy atom.